The van der Waals surface area contributed by atoms with Gasteiger partial charge in [0.25, 0.3) is 0 Å². The summed E-state index contributed by atoms with van der Waals surface area (Å²) in [5.41, 5.74) is 6.97. The second-order valence-electron chi connectivity index (χ2n) is 6.42. The number of likely N-dealkylation sites (tertiary alicyclic amines) is 1. The van der Waals surface area contributed by atoms with Crippen LogP contribution in [-0.2, 0) is 4.79 Å². The predicted octanol–water partition coefficient (Wildman–Crippen LogP) is 1.93. The van der Waals surface area contributed by atoms with Gasteiger partial charge >= 0.3 is 0 Å². The first-order valence-electron chi connectivity index (χ1n) is 8.18. The number of nitrogens with zero attached hydrogens (tertiary/aromatic N) is 1. The summed E-state index contributed by atoms with van der Waals surface area (Å²) in [6, 6.07) is 6.31. The fourth-order valence-electron chi connectivity index (χ4n) is 3.71. The average molecular weight is 339 g/mol. The zero-order chi connectivity index (χ0) is 15.1. The Balaban J connectivity index is 0.00000156. The van der Waals surface area contributed by atoms with Gasteiger partial charge in [0.2, 0.25) is 5.91 Å². The van der Waals surface area contributed by atoms with Crippen molar-refractivity contribution in [3.05, 3.63) is 23.8 Å². The van der Waals surface area contributed by atoms with Gasteiger partial charge in [-0.25, -0.2) is 0 Å². The monoisotopic (exact) mass is 338 g/mol. The standard InChI is InChI=1S/C17H22N2O3.ClH/c18-10-12-2-1-5-19(12)17(20)14-9-13(14)11-3-4-15-16(8-11)22-7-6-21-15;/h3-4,8,12-14H,1-2,5-7,9-10,18H2;1H. The topological polar surface area (TPSA) is 64.8 Å². The quantitative estimate of drug-likeness (QED) is 0.914. The predicted molar refractivity (Wildman–Crippen MR) is 89.3 cm³/mol. The molecular formula is C17H23ClN2O3. The number of carbonyl (C=O) groups excluding carboxylic acids is 1. The van der Waals surface area contributed by atoms with Gasteiger partial charge < -0.3 is 20.1 Å². The normalized spacial score (nSPS) is 28.2. The molecule has 2 aliphatic heterocycles. The van der Waals surface area contributed by atoms with E-state index in [1.165, 1.54) is 5.56 Å². The van der Waals surface area contributed by atoms with Crippen LogP contribution < -0.4 is 15.2 Å². The highest BCUT2D eigenvalue weighted by Gasteiger charge is 2.47. The van der Waals surface area contributed by atoms with Crippen molar-refractivity contribution >= 4 is 18.3 Å². The fraction of sp³-hybridized carbons (Fsp3) is 0.588. The van der Waals surface area contributed by atoms with Gasteiger partial charge in [-0.1, -0.05) is 6.07 Å². The number of halogens is 1. The lowest BCUT2D eigenvalue weighted by Gasteiger charge is -2.23. The number of amides is 1. The summed E-state index contributed by atoms with van der Waals surface area (Å²) in [4.78, 5) is 14.7. The molecule has 0 radical (unpaired) electrons. The summed E-state index contributed by atoms with van der Waals surface area (Å²) in [6.45, 7) is 2.64. The number of hydrogen-bond acceptors (Lipinski definition) is 4. The van der Waals surface area contributed by atoms with Crippen LogP contribution >= 0.6 is 12.4 Å². The van der Waals surface area contributed by atoms with Gasteiger partial charge in [-0.2, -0.15) is 0 Å². The maximum atomic E-state index is 12.7. The average Bonchev–Trinajstić information content (AvgIpc) is 3.22. The van der Waals surface area contributed by atoms with Crippen molar-refractivity contribution in [1.29, 1.82) is 0 Å². The molecular weight excluding hydrogens is 316 g/mol. The van der Waals surface area contributed by atoms with Crippen LogP contribution in [0.25, 0.3) is 0 Å². The molecule has 1 saturated carbocycles. The van der Waals surface area contributed by atoms with E-state index in [9.17, 15) is 4.79 Å². The summed E-state index contributed by atoms with van der Waals surface area (Å²) >= 11 is 0. The molecule has 2 N–H and O–H groups in total. The van der Waals surface area contributed by atoms with E-state index in [2.05, 4.69) is 6.07 Å². The molecule has 1 saturated heterocycles. The molecule has 1 aromatic carbocycles. The van der Waals surface area contributed by atoms with Gasteiger partial charge in [0, 0.05) is 25.0 Å². The van der Waals surface area contributed by atoms with E-state index in [1.807, 2.05) is 17.0 Å². The van der Waals surface area contributed by atoms with E-state index in [1.54, 1.807) is 0 Å². The van der Waals surface area contributed by atoms with Gasteiger partial charge in [-0.3, -0.25) is 4.79 Å². The number of carbonyl (C=O) groups is 1. The fourth-order valence-corrected chi connectivity index (χ4v) is 3.71. The number of hydrogen-bond donors (Lipinski definition) is 1. The molecule has 6 heteroatoms. The highest BCUT2D eigenvalue weighted by Crippen LogP contribution is 2.50. The van der Waals surface area contributed by atoms with Crippen LogP contribution in [-0.4, -0.2) is 43.2 Å². The lowest BCUT2D eigenvalue weighted by Crippen LogP contribution is -2.40. The zero-order valence-electron chi connectivity index (χ0n) is 13.1. The summed E-state index contributed by atoms with van der Waals surface area (Å²) in [5, 5.41) is 0. The van der Waals surface area contributed by atoms with Crippen LogP contribution in [0.1, 0.15) is 30.7 Å². The van der Waals surface area contributed by atoms with Crippen molar-refractivity contribution in [2.45, 2.75) is 31.2 Å². The lowest BCUT2D eigenvalue weighted by atomic mass is 10.1. The van der Waals surface area contributed by atoms with Gasteiger partial charge in [0.1, 0.15) is 13.2 Å². The van der Waals surface area contributed by atoms with Crippen LogP contribution in [0.5, 0.6) is 11.5 Å². The third-order valence-corrected chi connectivity index (χ3v) is 5.03. The highest BCUT2D eigenvalue weighted by molar-refractivity contribution is 5.85. The van der Waals surface area contributed by atoms with Crippen LogP contribution in [0.2, 0.25) is 0 Å². The van der Waals surface area contributed by atoms with E-state index >= 15 is 0 Å². The minimum Gasteiger partial charge on any atom is -0.486 e. The lowest BCUT2D eigenvalue weighted by molar-refractivity contribution is -0.133. The molecule has 23 heavy (non-hydrogen) atoms. The molecule has 1 amide bonds. The van der Waals surface area contributed by atoms with Gasteiger partial charge in [-0.05, 0) is 42.9 Å². The third kappa shape index (κ3) is 3.00. The van der Waals surface area contributed by atoms with Crippen molar-refractivity contribution in [1.82, 2.24) is 4.90 Å². The smallest absolute Gasteiger partial charge is 0.226 e. The molecule has 2 fully saturated rings. The first-order chi connectivity index (χ1) is 10.8. The Morgan fingerprint density at radius 3 is 2.83 bits per heavy atom. The number of nitrogens with two attached hydrogens (primary N) is 1. The summed E-state index contributed by atoms with van der Waals surface area (Å²) in [7, 11) is 0. The Labute approximate surface area is 142 Å². The van der Waals surface area contributed by atoms with Crippen molar-refractivity contribution in [3.8, 4) is 11.5 Å². The van der Waals surface area contributed by atoms with E-state index in [0.29, 0.717) is 25.7 Å². The van der Waals surface area contributed by atoms with Crippen molar-refractivity contribution in [2.24, 2.45) is 11.7 Å². The first-order valence-corrected chi connectivity index (χ1v) is 8.18. The Morgan fingerprint density at radius 1 is 1.26 bits per heavy atom. The highest BCUT2D eigenvalue weighted by atomic mass is 35.5. The molecule has 3 aliphatic rings. The molecule has 5 nitrogen and oxygen atoms in total. The molecule has 0 aromatic heterocycles. The Morgan fingerprint density at radius 2 is 2.04 bits per heavy atom. The number of rotatable bonds is 3. The molecule has 3 unspecified atom stereocenters. The maximum absolute atomic E-state index is 12.7. The summed E-state index contributed by atoms with van der Waals surface area (Å²) in [6.07, 6.45) is 3.06. The van der Waals surface area contributed by atoms with E-state index in [4.69, 9.17) is 15.2 Å². The largest absolute Gasteiger partial charge is 0.486 e. The molecule has 1 aromatic rings. The molecule has 2 heterocycles. The van der Waals surface area contributed by atoms with Crippen molar-refractivity contribution < 1.29 is 14.3 Å². The SMILES string of the molecule is Cl.NCC1CCCN1C(=O)C1CC1c1ccc2c(c1)OCCO2. The van der Waals surface area contributed by atoms with E-state index < -0.39 is 0 Å². The van der Waals surface area contributed by atoms with Crippen molar-refractivity contribution in [3.63, 3.8) is 0 Å². The van der Waals surface area contributed by atoms with Gasteiger partial charge in [-0.15, -0.1) is 12.4 Å². The minimum absolute atomic E-state index is 0. The van der Waals surface area contributed by atoms with E-state index in [-0.39, 0.29) is 30.3 Å². The molecule has 0 spiro atoms. The third-order valence-electron chi connectivity index (χ3n) is 5.03. The molecule has 3 atom stereocenters. The second-order valence-corrected chi connectivity index (χ2v) is 6.42. The van der Waals surface area contributed by atoms with Gasteiger partial charge in [0.15, 0.2) is 11.5 Å². The molecule has 1 aliphatic carbocycles. The van der Waals surface area contributed by atoms with E-state index in [0.717, 1.165) is 37.3 Å². The number of fused-ring (bicyclic) bond motifs is 1. The minimum atomic E-state index is 0. The Hall–Kier alpha value is -1.46. The van der Waals surface area contributed by atoms with Crippen LogP contribution in [0.15, 0.2) is 18.2 Å². The number of ether oxygens (including phenoxy) is 2. The maximum Gasteiger partial charge on any atom is 0.226 e. The number of benzene rings is 1. The Kier molecular flexibility index (Phi) is 4.69. The van der Waals surface area contributed by atoms with Crippen molar-refractivity contribution in [2.75, 3.05) is 26.3 Å². The molecule has 126 valence electrons. The Bertz CT molecular complexity index is 595. The van der Waals surface area contributed by atoms with Crippen LogP contribution in [0.3, 0.4) is 0 Å². The van der Waals surface area contributed by atoms with Crippen LogP contribution in [0, 0.1) is 5.92 Å². The van der Waals surface area contributed by atoms with Gasteiger partial charge in [0.05, 0.1) is 0 Å². The molecule has 0 bridgehead atoms. The molecule has 4 rings (SSSR count). The van der Waals surface area contributed by atoms with Crippen LogP contribution in [0.4, 0.5) is 0 Å². The summed E-state index contributed by atoms with van der Waals surface area (Å²) in [5.74, 6) is 2.34. The first kappa shape index (κ1) is 16.4. The summed E-state index contributed by atoms with van der Waals surface area (Å²) < 4.78 is 11.2. The zero-order valence-corrected chi connectivity index (χ0v) is 13.9. The second kappa shape index (κ2) is 6.57.